The zero-order valence-corrected chi connectivity index (χ0v) is 19.5. The fourth-order valence-corrected chi connectivity index (χ4v) is 5.26. The molecule has 2 heterocycles. The van der Waals surface area contributed by atoms with E-state index in [-0.39, 0.29) is 34.0 Å². The van der Waals surface area contributed by atoms with Crippen molar-refractivity contribution in [2.75, 3.05) is 0 Å². The van der Waals surface area contributed by atoms with Crippen LogP contribution in [0.25, 0.3) is 22.1 Å². The molecule has 4 aromatic rings. The topological polar surface area (TPSA) is 19.7 Å². The summed E-state index contributed by atoms with van der Waals surface area (Å²) in [5, 5.41) is 0. The predicted octanol–water partition coefficient (Wildman–Crippen LogP) is 4.35. The van der Waals surface area contributed by atoms with Gasteiger partial charge in [0.15, 0.2) is 0 Å². The second kappa shape index (κ2) is 7.71. The van der Waals surface area contributed by atoms with Gasteiger partial charge in [0, 0.05) is 0 Å². The molecule has 0 aliphatic rings. The molecule has 0 aliphatic carbocycles. The Morgan fingerprint density at radius 3 is 1.00 bits per heavy atom. The van der Waals surface area contributed by atoms with Crippen molar-refractivity contribution in [1.82, 2.24) is 18.3 Å². The molecule has 2 aromatic carbocycles. The van der Waals surface area contributed by atoms with Crippen molar-refractivity contribution < 1.29 is 17.1 Å². The first-order chi connectivity index (χ1) is 11.1. The molecular weight excluding hydrogens is 538 g/mol. The summed E-state index contributed by atoms with van der Waals surface area (Å²) in [5.74, 6) is 0. The number of hydrogen-bond donors (Lipinski definition) is 0. The third-order valence-electron chi connectivity index (χ3n) is 4.37. The van der Waals surface area contributed by atoms with E-state index in [0.717, 1.165) is 0 Å². The van der Waals surface area contributed by atoms with Gasteiger partial charge in [-0.1, -0.05) is 0 Å². The number of nitrogens with zero attached hydrogens (tertiary/aromatic N) is 4. The molecule has 0 saturated heterocycles. The van der Waals surface area contributed by atoms with Gasteiger partial charge in [0.05, 0.1) is 0 Å². The van der Waals surface area contributed by atoms with Gasteiger partial charge < -0.3 is 0 Å². The van der Waals surface area contributed by atoms with Crippen molar-refractivity contribution >= 4 is 56.0 Å². The van der Waals surface area contributed by atoms with E-state index >= 15 is 0 Å². The number of aromatic nitrogens is 4. The quantitative estimate of drug-likeness (QED) is 0.285. The number of benzene rings is 2. The fraction of sp³-hybridized carbons (Fsp3) is 0.222. The van der Waals surface area contributed by atoms with Crippen LogP contribution in [0.5, 0.6) is 0 Å². The molecule has 0 bridgehead atoms. The van der Waals surface area contributed by atoms with E-state index in [1.165, 1.54) is 29.8 Å². The second-order valence-electron chi connectivity index (χ2n) is 5.78. The molecule has 0 unspecified atom stereocenters. The van der Waals surface area contributed by atoms with Crippen LogP contribution >= 0.6 is 34.0 Å². The summed E-state index contributed by atoms with van der Waals surface area (Å²) in [6, 6.07) is 17.2. The molecular formula is C18H22Br2N4Pd. The summed E-state index contributed by atoms with van der Waals surface area (Å²) in [6.45, 7) is 0. The van der Waals surface area contributed by atoms with Gasteiger partial charge in [-0.2, -0.15) is 0 Å². The molecule has 7 heteroatoms. The Hall–Kier alpha value is -0.998. The molecule has 0 atom stereocenters. The molecule has 0 saturated carbocycles. The SMILES string of the molecule is Br.Br.Cn1[c](=[Pd]=[c]2n(C)c3ccccc3n2C)n(C)c2ccccc21. The number of aryl methyl sites for hydroxylation is 4. The zero-order valence-electron chi connectivity index (χ0n) is 14.5. The van der Waals surface area contributed by atoms with E-state index < -0.39 is 0 Å². The molecule has 0 amide bonds. The average Bonchev–Trinajstić information content (AvgIpc) is 2.97. The van der Waals surface area contributed by atoms with Crippen LogP contribution in [-0.4, -0.2) is 18.3 Å². The number of fused-ring (bicyclic) bond motifs is 2. The maximum absolute atomic E-state index is 2.32. The van der Waals surface area contributed by atoms with Gasteiger partial charge in [0.25, 0.3) is 0 Å². The Balaban J connectivity index is 0.00000113. The van der Waals surface area contributed by atoms with Crippen molar-refractivity contribution in [2.45, 2.75) is 0 Å². The Labute approximate surface area is 175 Å². The van der Waals surface area contributed by atoms with Crippen molar-refractivity contribution in [3.8, 4) is 0 Å². The summed E-state index contributed by atoms with van der Waals surface area (Å²) >= 11 is 0.349. The first-order valence-corrected chi connectivity index (χ1v) is 9.10. The first-order valence-electron chi connectivity index (χ1n) is 7.55. The van der Waals surface area contributed by atoms with Gasteiger partial charge in [-0.05, 0) is 0 Å². The van der Waals surface area contributed by atoms with E-state index in [9.17, 15) is 0 Å². The first kappa shape index (κ1) is 20.3. The van der Waals surface area contributed by atoms with Crippen LogP contribution in [0.15, 0.2) is 48.5 Å². The van der Waals surface area contributed by atoms with Gasteiger partial charge in [-0.3, -0.25) is 0 Å². The summed E-state index contributed by atoms with van der Waals surface area (Å²) in [5.41, 5.74) is 5.13. The minimum absolute atomic E-state index is 0. The molecule has 0 N–H and O–H groups in total. The van der Waals surface area contributed by atoms with Gasteiger partial charge in [0.1, 0.15) is 0 Å². The number of halogens is 2. The van der Waals surface area contributed by atoms with Crippen LogP contribution in [0.2, 0.25) is 0 Å². The Kier molecular flexibility index (Phi) is 6.27. The summed E-state index contributed by atoms with van der Waals surface area (Å²) < 4.78 is 12.0. The molecule has 138 valence electrons. The normalized spacial score (nSPS) is 10.9. The Bertz CT molecular complexity index is 1030. The number of rotatable bonds is 0. The van der Waals surface area contributed by atoms with Crippen LogP contribution in [0.3, 0.4) is 0 Å². The van der Waals surface area contributed by atoms with Gasteiger partial charge in [-0.25, -0.2) is 0 Å². The van der Waals surface area contributed by atoms with Crippen molar-refractivity contribution in [2.24, 2.45) is 28.2 Å². The maximum atomic E-state index is 2.32. The molecule has 25 heavy (non-hydrogen) atoms. The van der Waals surface area contributed by atoms with E-state index in [4.69, 9.17) is 0 Å². The summed E-state index contributed by atoms with van der Waals surface area (Å²) in [6.07, 6.45) is 0. The van der Waals surface area contributed by atoms with Gasteiger partial charge in [0.2, 0.25) is 0 Å². The average molecular weight is 561 g/mol. The third-order valence-corrected chi connectivity index (χ3v) is 7.16. The van der Waals surface area contributed by atoms with Crippen molar-refractivity contribution in [3.63, 3.8) is 0 Å². The molecule has 2 aromatic heterocycles. The minimum atomic E-state index is 0. The van der Waals surface area contributed by atoms with E-state index in [1.807, 2.05) is 0 Å². The van der Waals surface area contributed by atoms with Gasteiger partial charge >= 0.3 is 142 Å². The molecule has 0 fully saturated rings. The summed E-state index contributed by atoms with van der Waals surface area (Å²) in [4.78, 5) is 0. The van der Waals surface area contributed by atoms with E-state index in [2.05, 4.69) is 95.0 Å². The molecule has 0 spiro atoms. The predicted molar refractivity (Wildman–Crippen MR) is 111 cm³/mol. The fourth-order valence-electron chi connectivity index (χ4n) is 3.16. The van der Waals surface area contributed by atoms with E-state index in [0.29, 0.717) is 17.1 Å². The van der Waals surface area contributed by atoms with Crippen molar-refractivity contribution in [1.29, 1.82) is 0 Å². The number of hydrogen-bond acceptors (Lipinski definition) is 0. The molecule has 0 aliphatic heterocycles. The van der Waals surface area contributed by atoms with Crippen LogP contribution in [0, 0.1) is 7.78 Å². The van der Waals surface area contributed by atoms with Crippen LogP contribution < -0.4 is 0 Å². The van der Waals surface area contributed by atoms with Crippen LogP contribution in [0.1, 0.15) is 0 Å². The molecule has 0 radical (unpaired) electrons. The zero-order chi connectivity index (χ0) is 16.1. The van der Waals surface area contributed by atoms with E-state index in [1.54, 1.807) is 0 Å². The van der Waals surface area contributed by atoms with Crippen LogP contribution in [-0.2, 0) is 45.3 Å². The van der Waals surface area contributed by atoms with Gasteiger partial charge in [-0.15, -0.1) is 34.0 Å². The van der Waals surface area contributed by atoms with Crippen molar-refractivity contribution in [3.05, 3.63) is 56.3 Å². The summed E-state index contributed by atoms with van der Waals surface area (Å²) in [7, 11) is 8.66. The standard InChI is InChI=1S/2C9H10N2.2BrH.Pd/c2*1-10-7-11(2)9-6-4-3-5-8(9)10;;;/h2*3-6H,1-2H3;2*1H;. The third kappa shape index (κ3) is 3.12. The molecule has 4 rings (SSSR count). The number of para-hydroxylation sites is 4. The number of imidazole rings is 2. The van der Waals surface area contributed by atoms with Crippen LogP contribution in [0.4, 0.5) is 0 Å². The monoisotopic (exact) mass is 558 g/mol. The Morgan fingerprint density at radius 1 is 0.520 bits per heavy atom. The Morgan fingerprint density at radius 2 is 0.760 bits per heavy atom. The molecule has 4 nitrogen and oxygen atoms in total. The second-order valence-corrected chi connectivity index (χ2v) is 7.55.